The molecular formula is C21H20O5S. The Labute approximate surface area is 160 Å². The first-order chi connectivity index (χ1) is 13.0. The lowest BCUT2D eigenvalue weighted by Crippen LogP contribution is -2.19. The van der Waals surface area contributed by atoms with Crippen LogP contribution in [0.25, 0.3) is 20.2 Å². The lowest BCUT2D eigenvalue weighted by Gasteiger charge is -2.10. The van der Waals surface area contributed by atoms with E-state index in [9.17, 15) is 14.4 Å². The molecular weight excluding hydrogens is 364 g/mol. The van der Waals surface area contributed by atoms with Crippen molar-refractivity contribution in [2.24, 2.45) is 5.92 Å². The third kappa shape index (κ3) is 4.01. The second-order valence-corrected chi connectivity index (χ2v) is 7.30. The Balaban J connectivity index is 1.80. The number of hydrogen-bond acceptors (Lipinski definition) is 6. The van der Waals surface area contributed by atoms with E-state index in [1.165, 1.54) is 11.3 Å². The molecule has 3 aromatic rings. The van der Waals surface area contributed by atoms with Crippen LogP contribution < -0.4 is 5.43 Å². The Morgan fingerprint density at radius 1 is 1.00 bits per heavy atom. The molecule has 0 saturated heterocycles. The smallest absolute Gasteiger partial charge is 0.339 e. The first kappa shape index (κ1) is 19.0. The Bertz CT molecular complexity index is 1050. The van der Waals surface area contributed by atoms with Crippen LogP contribution in [0.5, 0.6) is 0 Å². The Morgan fingerprint density at radius 2 is 1.70 bits per heavy atom. The summed E-state index contributed by atoms with van der Waals surface area (Å²) >= 11 is 1.46. The van der Waals surface area contributed by atoms with E-state index in [0.29, 0.717) is 17.2 Å². The van der Waals surface area contributed by atoms with Gasteiger partial charge in [0.1, 0.15) is 13.2 Å². The molecule has 1 heterocycles. The van der Waals surface area contributed by atoms with E-state index < -0.39 is 5.97 Å². The summed E-state index contributed by atoms with van der Waals surface area (Å²) in [6, 6.07) is 12.4. The van der Waals surface area contributed by atoms with E-state index >= 15 is 0 Å². The fourth-order valence-corrected chi connectivity index (χ4v) is 3.79. The number of esters is 2. The van der Waals surface area contributed by atoms with Gasteiger partial charge in [-0.25, -0.2) is 4.79 Å². The van der Waals surface area contributed by atoms with E-state index in [0.717, 1.165) is 9.40 Å². The second-order valence-electron chi connectivity index (χ2n) is 6.22. The summed E-state index contributed by atoms with van der Waals surface area (Å²) in [6.07, 6.45) is 0.691. The monoisotopic (exact) mass is 384 g/mol. The van der Waals surface area contributed by atoms with Gasteiger partial charge >= 0.3 is 11.9 Å². The van der Waals surface area contributed by atoms with E-state index in [2.05, 4.69) is 0 Å². The molecule has 0 saturated carbocycles. The van der Waals surface area contributed by atoms with E-state index in [1.807, 2.05) is 25.1 Å². The predicted molar refractivity (Wildman–Crippen MR) is 106 cm³/mol. The van der Waals surface area contributed by atoms with Crippen molar-refractivity contribution >= 4 is 43.4 Å². The summed E-state index contributed by atoms with van der Waals surface area (Å²) in [7, 11) is 0. The van der Waals surface area contributed by atoms with Crippen molar-refractivity contribution < 1.29 is 19.1 Å². The number of carbonyl (C=O) groups is 2. The first-order valence-electron chi connectivity index (χ1n) is 8.81. The zero-order chi connectivity index (χ0) is 19.4. The van der Waals surface area contributed by atoms with Gasteiger partial charge in [0.2, 0.25) is 0 Å². The fourth-order valence-electron chi connectivity index (χ4n) is 2.68. The van der Waals surface area contributed by atoms with Crippen molar-refractivity contribution in [1.82, 2.24) is 0 Å². The average molecular weight is 384 g/mol. The number of carbonyl (C=O) groups excluding carboxylic acids is 2. The van der Waals surface area contributed by atoms with Crippen LogP contribution >= 0.6 is 11.3 Å². The van der Waals surface area contributed by atoms with Crippen LogP contribution in [-0.2, 0) is 14.3 Å². The molecule has 0 aliphatic carbocycles. The molecule has 2 aromatic carbocycles. The van der Waals surface area contributed by atoms with Gasteiger partial charge in [-0.2, -0.15) is 0 Å². The normalized spacial score (nSPS) is 12.1. The second kappa shape index (κ2) is 8.31. The molecule has 5 nitrogen and oxygen atoms in total. The lowest BCUT2D eigenvalue weighted by molar-refractivity contribution is -0.149. The summed E-state index contributed by atoms with van der Waals surface area (Å²) < 4.78 is 11.9. The highest BCUT2D eigenvalue weighted by atomic mass is 32.1. The van der Waals surface area contributed by atoms with Crippen molar-refractivity contribution in [3.8, 4) is 0 Å². The van der Waals surface area contributed by atoms with Crippen LogP contribution in [0.1, 0.15) is 30.6 Å². The molecule has 0 N–H and O–H groups in total. The standard InChI is InChI=1S/C21H20O5S/c1-3-13(2)20(23)25-11-12-26-21(24)15-8-6-10-17-18(15)19(22)14-7-4-5-9-16(14)27-17/h4-10,13H,3,11-12H2,1-2H3. The first-order valence-corrected chi connectivity index (χ1v) is 9.63. The number of hydrogen-bond donors (Lipinski definition) is 0. The molecule has 1 aromatic heterocycles. The highest BCUT2D eigenvalue weighted by Gasteiger charge is 2.17. The molecule has 0 bridgehead atoms. The van der Waals surface area contributed by atoms with Crippen molar-refractivity contribution in [1.29, 1.82) is 0 Å². The van der Waals surface area contributed by atoms with Gasteiger partial charge in [-0.05, 0) is 30.7 Å². The quantitative estimate of drug-likeness (QED) is 0.363. The van der Waals surface area contributed by atoms with Crippen LogP contribution in [0.3, 0.4) is 0 Å². The highest BCUT2D eigenvalue weighted by molar-refractivity contribution is 7.24. The molecule has 27 heavy (non-hydrogen) atoms. The van der Waals surface area contributed by atoms with Crippen LogP contribution in [0.2, 0.25) is 0 Å². The Hall–Kier alpha value is -2.73. The maximum atomic E-state index is 12.9. The van der Waals surface area contributed by atoms with Gasteiger partial charge in [-0.1, -0.05) is 32.0 Å². The molecule has 0 fully saturated rings. The minimum atomic E-state index is -0.597. The van der Waals surface area contributed by atoms with Crippen LogP contribution in [0.15, 0.2) is 47.3 Å². The number of rotatable bonds is 6. The topological polar surface area (TPSA) is 69.7 Å². The zero-order valence-corrected chi connectivity index (χ0v) is 16.0. The SMILES string of the molecule is CCC(C)C(=O)OCCOC(=O)c1cccc2sc3ccccc3c(=O)c12. The summed E-state index contributed by atoms with van der Waals surface area (Å²) in [5.41, 5.74) is 0.0443. The molecule has 0 radical (unpaired) electrons. The third-order valence-electron chi connectivity index (χ3n) is 4.40. The summed E-state index contributed by atoms with van der Waals surface area (Å²) in [5.74, 6) is -1.09. The summed E-state index contributed by atoms with van der Waals surface area (Å²) in [5, 5.41) is 0.945. The third-order valence-corrected chi connectivity index (χ3v) is 5.54. The summed E-state index contributed by atoms with van der Waals surface area (Å²) in [6.45, 7) is 3.63. The minimum Gasteiger partial charge on any atom is -0.462 e. The van der Waals surface area contributed by atoms with Crippen molar-refractivity contribution in [3.05, 3.63) is 58.3 Å². The minimum absolute atomic E-state index is 0.00450. The molecule has 6 heteroatoms. The van der Waals surface area contributed by atoms with Gasteiger partial charge in [0, 0.05) is 14.8 Å². The molecule has 0 aliphatic rings. The van der Waals surface area contributed by atoms with E-state index in [4.69, 9.17) is 9.47 Å². The molecule has 1 atom stereocenters. The maximum absolute atomic E-state index is 12.9. The van der Waals surface area contributed by atoms with Crippen molar-refractivity contribution in [3.63, 3.8) is 0 Å². The highest BCUT2D eigenvalue weighted by Crippen LogP contribution is 2.26. The van der Waals surface area contributed by atoms with Gasteiger partial charge in [0.25, 0.3) is 0 Å². The molecule has 0 spiro atoms. The van der Waals surface area contributed by atoms with Gasteiger partial charge in [-0.3, -0.25) is 9.59 Å². The Morgan fingerprint density at radius 3 is 2.48 bits per heavy atom. The maximum Gasteiger partial charge on any atom is 0.339 e. The van der Waals surface area contributed by atoms with E-state index in [1.54, 1.807) is 31.2 Å². The van der Waals surface area contributed by atoms with Gasteiger partial charge in [0.05, 0.1) is 16.9 Å². The molecule has 1 unspecified atom stereocenters. The number of benzene rings is 2. The number of ether oxygens (including phenoxy) is 2. The van der Waals surface area contributed by atoms with Crippen LogP contribution in [0, 0.1) is 5.92 Å². The van der Waals surface area contributed by atoms with E-state index in [-0.39, 0.29) is 36.1 Å². The van der Waals surface area contributed by atoms with Crippen LogP contribution in [-0.4, -0.2) is 25.2 Å². The fraction of sp³-hybridized carbons (Fsp3) is 0.286. The summed E-state index contributed by atoms with van der Waals surface area (Å²) in [4.78, 5) is 37.0. The van der Waals surface area contributed by atoms with Crippen molar-refractivity contribution in [2.45, 2.75) is 20.3 Å². The van der Waals surface area contributed by atoms with Crippen molar-refractivity contribution in [2.75, 3.05) is 13.2 Å². The largest absolute Gasteiger partial charge is 0.462 e. The van der Waals surface area contributed by atoms with Gasteiger partial charge in [-0.15, -0.1) is 11.3 Å². The molecule has 3 rings (SSSR count). The average Bonchev–Trinajstić information content (AvgIpc) is 2.69. The van der Waals surface area contributed by atoms with Crippen LogP contribution in [0.4, 0.5) is 0 Å². The Kier molecular flexibility index (Phi) is 5.86. The van der Waals surface area contributed by atoms with Gasteiger partial charge in [0.15, 0.2) is 5.43 Å². The molecule has 0 aliphatic heterocycles. The molecule has 0 amide bonds. The lowest BCUT2D eigenvalue weighted by atomic mass is 10.1. The van der Waals surface area contributed by atoms with Gasteiger partial charge < -0.3 is 9.47 Å². The molecule has 140 valence electrons. The number of fused-ring (bicyclic) bond motifs is 2. The zero-order valence-electron chi connectivity index (χ0n) is 15.2. The predicted octanol–water partition coefficient (Wildman–Crippen LogP) is 4.16.